The van der Waals surface area contributed by atoms with Crippen molar-refractivity contribution in [1.82, 2.24) is 9.55 Å². The predicted octanol–water partition coefficient (Wildman–Crippen LogP) is 4.01. The molecule has 2 aromatic rings. The zero-order chi connectivity index (χ0) is 15.2. The minimum atomic E-state index is 0.174. The summed E-state index contributed by atoms with van der Waals surface area (Å²) in [5.74, 6) is 2.64. The number of fused-ring (bicyclic) bond motifs is 1. The van der Waals surface area contributed by atoms with E-state index in [2.05, 4.69) is 56.5 Å². The Morgan fingerprint density at radius 3 is 2.48 bits per heavy atom. The highest BCUT2D eigenvalue weighted by Crippen LogP contribution is 2.32. The van der Waals surface area contributed by atoms with E-state index in [1.165, 1.54) is 12.0 Å². The Labute approximate surface area is 127 Å². The number of imidazole rings is 1. The quantitative estimate of drug-likeness (QED) is 0.859. The van der Waals surface area contributed by atoms with Crippen LogP contribution in [0.5, 0.6) is 0 Å². The van der Waals surface area contributed by atoms with Crippen LogP contribution < -0.4 is 5.73 Å². The fourth-order valence-electron chi connectivity index (χ4n) is 3.03. The summed E-state index contributed by atoms with van der Waals surface area (Å²) >= 11 is 0. The van der Waals surface area contributed by atoms with Gasteiger partial charge in [-0.2, -0.15) is 0 Å². The Balaban J connectivity index is 1.98. The van der Waals surface area contributed by atoms with Crippen molar-refractivity contribution >= 4 is 5.82 Å². The van der Waals surface area contributed by atoms with Crippen molar-refractivity contribution in [2.45, 2.75) is 52.5 Å². The summed E-state index contributed by atoms with van der Waals surface area (Å²) in [4.78, 5) is 4.78. The van der Waals surface area contributed by atoms with Crippen LogP contribution >= 0.6 is 0 Å². The molecule has 2 heterocycles. The molecular formula is C18H25N3. The molecule has 0 bridgehead atoms. The van der Waals surface area contributed by atoms with E-state index in [1.807, 2.05) is 0 Å². The van der Waals surface area contributed by atoms with E-state index in [0.29, 0.717) is 5.92 Å². The third-order valence-corrected chi connectivity index (χ3v) is 4.47. The highest BCUT2D eigenvalue weighted by Gasteiger charge is 2.22. The summed E-state index contributed by atoms with van der Waals surface area (Å²) in [6.07, 6.45) is 2.24. The van der Waals surface area contributed by atoms with E-state index in [-0.39, 0.29) is 5.41 Å². The molecule has 1 unspecified atom stereocenters. The van der Waals surface area contributed by atoms with Gasteiger partial charge >= 0.3 is 0 Å². The van der Waals surface area contributed by atoms with Gasteiger partial charge in [0, 0.05) is 18.5 Å². The average molecular weight is 283 g/mol. The Hall–Kier alpha value is -1.77. The van der Waals surface area contributed by atoms with Gasteiger partial charge in [-0.1, -0.05) is 52.0 Å². The maximum absolute atomic E-state index is 6.34. The molecule has 0 aliphatic carbocycles. The number of rotatable bonds is 1. The van der Waals surface area contributed by atoms with Crippen LogP contribution in [0.25, 0.3) is 11.3 Å². The van der Waals surface area contributed by atoms with Crippen LogP contribution in [0, 0.1) is 5.92 Å². The molecule has 3 heteroatoms. The largest absolute Gasteiger partial charge is 0.383 e. The molecule has 0 spiro atoms. The van der Waals surface area contributed by atoms with Crippen LogP contribution in [0.4, 0.5) is 5.82 Å². The minimum Gasteiger partial charge on any atom is -0.383 e. The van der Waals surface area contributed by atoms with Crippen molar-refractivity contribution in [3.63, 3.8) is 0 Å². The number of anilines is 1. The average Bonchev–Trinajstić information content (AvgIpc) is 2.75. The highest BCUT2D eigenvalue weighted by molar-refractivity contribution is 5.71. The summed E-state index contributed by atoms with van der Waals surface area (Å²) in [6.45, 7) is 9.96. The van der Waals surface area contributed by atoms with E-state index in [1.54, 1.807) is 0 Å². The van der Waals surface area contributed by atoms with Crippen LogP contribution in [0.2, 0.25) is 0 Å². The first-order valence-corrected chi connectivity index (χ1v) is 7.82. The van der Waals surface area contributed by atoms with Crippen molar-refractivity contribution in [3.8, 4) is 11.3 Å². The van der Waals surface area contributed by atoms with Gasteiger partial charge in [0.1, 0.15) is 17.3 Å². The second-order valence-corrected chi connectivity index (χ2v) is 7.34. The summed E-state index contributed by atoms with van der Waals surface area (Å²) < 4.78 is 2.20. The van der Waals surface area contributed by atoms with E-state index >= 15 is 0 Å². The molecule has 0 radical (unpaired) electrons. The van der Waals surface area contributed by atoms with Crippen molar-refractivity contribution in [1.29, 1.82) is 0 Å². The van der Waals surface area contributed by atoms with E-state index in [4.69, 9.17) is 10.7 Å². The lowest BCUT2D eigenvalue weighted by Crippen LogP contribution is -2.19. The third kappa shape index (κ3) is 2.57. The minimum absolute atomic E-state index is 0.174. The molecule has 2 N–H and O–H groups in total. The van der Waals surface area contributed by atoms with E-state index in [0.717, 1.165) is 35.9 Å². The van der Waals surface area contributed by atoms with Gasteiger partial charge in [0.2, 0.25) is 0 Å². The Kier molecular flexibility index (Phi) is 3.31. The molecule has 0 saturated carbocycles. The first-order valence-electron chi connectivity index (χ1n) is 7.82. The molecule has 0 fully saturated rings. The zero-order valence-corrected chi connectivity index (χ0v) is 13.5. The normalized spacial score (nSPS) is 18.6. The van der Waals surface area contributed by atoms with Gasteiger partial charge in [-0.3, -0.25) is 0 Å². The summed E-state index contributed by atoms with van der Waals surface area (Å²) in [7, 11) is 0. The van der Waals surface area contributed by atoms with Crippen LogP contribution in [0.15, 0.2) is 24.3 Å². The number of nitrogens with zero attached hydrogens (tertiary/aromatic N) is 2. The van der Waals surface area contributed by atoms with Gasteiger partial charge in [-0.15, -0.1) is 0 Å². The van der Waals surface area contributed by atoms with Crippen molar-refractivity contribution in [3.05, 3.63) is 35.7 Å². The second kappa shape index (κ2) is 4.90. The number of aromatic nitrogens is 2. The molecule has 1 aliphatic heterocycles. The van der Waals surface area contributed by atoms with Gasteiger partial charge in [-0.05, 0) is 23.3 Å². The monoisotopic (exact) mass is 283 g/mol. The molecular weight excluding hydrogens is 258 g/mol. The van der Waals surface area contributed by atoms with Crippen LogP contribution in [0.3, 0.4) is 0 Å². The Morgan fingerprint density at radius 2 is 1.86 bits per heavy atom. The van der Waals surface area contributed by atoms with Gasteiger partial charge in [0.25, 0.3) is 0 Å². The number of aryl methyl sites for hydroxylation is 1. The van der Waals surface area contributed by atoms with Crippen molar-refractivity contribution < 1.29 is 0 Å². The maximum Gasteiger partial charge on any atom is 0.131 e. The molecule has 1 aliphatic rings. The van der Waals surface area contributed by atoms with Crippen LogP contribution in [-0.4, -0.2) is 9.55 Å². The third-order valence-electron chi connectivity index (χ3n) is 4.47. The van der Waals surface area contributed by atoms with Gasteiger partial charge in [-0.25, -0.2) is 4.98 Å². The van der Waals surface area contributed by atoms with E-state index in [9.17, 15) is 0 Å². The Morgan fingerprint density at radius 1 is 1.19 bits per heavy atom. The number of nitrogen functional groups attached to an aromatic ring is 1. The molecule has 0 saturated heterocycles. The summed E-state index contributed by atoms with van der Waals surface area (Å²) in [5.41, 5.74) is 9.92. The highest BCUT2D eigenvalue weighted by atomic mass is 15.1. The lowest BCUT2D eigenvalue weighted by atomic mass is 9.86. The first kappa shape index (κ1) is 14.2. The van der Waals surface area contributed by atoms with Crippen molar-refractivity contribution in [2.24, 2.45) is 5.92 Å². The molecule has 1 aromatic heterocycles. The summed E-state index contributed by atoms with van der Waals surface area (Å²) in [5, 5.41) is 0. The standard InChI is InChI=1S/C18H25N3/c1-12-5-10-15-20-16(17(19)21(15)11-12)13-6-8-14(9-7-13)18(2,3)4/h6-9,12H,5,10-11,19H2,1-4H3. The Bertz CT molecular complexity index is 644. The smallest absolute Gasteiger partial charge is 0.131 e. The SMILES string of the molecule is CC1CCc2nc(-c3ccc(C(C)(C)C)cc3)c(N)n2C1. The fraction of sp³-hybridized carbons (Fsp3) is 0.500. The number of hydrogen-bond acceptors (Lipinski definition) is 2. The molecule has 1 aromatic carbocycles. The maximum atomic E-state index is 6.34. The van der Waals surface area contributed by atoms with Crippen LogP contribution in [-0.2, 0) is 18.4 Å². The first-order chi connectivity index (χ1) is 9.86. The van der Waals surface area contributed by atoms with Crippen molar-refractivity contribution in [2.75, 3.05) is 5.73 Å². The van der Waals surface area contributed by atoms with E-state index < -0.39 is 0 Å². The van der Waals surface area contributed by atoms with Crippen LogP contribution in [0.1, 0.15) is 45.5 Å². The predicted molar refractivity (Wildman–Crippen MR) is 88.3 cm³/mol. The summed E-state index contributed by atoms with van der Waals surface area (Å²) in [6, 6.07) is 8.68. The molecule has 1 atom stereocenters. The second-order valence-electron chi connectivity index (χ2n) is 7.34. The lowest BCUT2D eigenvalue weighted by Gasteiger charge is -2.20. The zero-order valence-electron chi connectivity index (χ0n) is 13.5. The molecule has 3 nitrogen and oxygen atoms in total. The molecule has 112 valence electrons. The van der Waals surface area contributed by atoms with Gasteiger partial charge in [0.05, 0.1) is 0 Å². The number of hydrogen-bond donors (Lipinski definition) is 1. The van der Waals surface area contributed by atoms with Gasteiger partial charge in [0.15, 0.2) is 0 Å². The topological polar surface area (TPSA) is 43.8 Å². The molecule has 21 heavy (non-hydrogen) atoms. The number of benzene rings is 1. The fourth-order valence-corrected chi connectivity index (χ4v) is 3.03. The number of nitrogens with two attached hydrogens (primary N) is 1. The molecule has 3 rings (SSSR count). The van der Waals surface area contributed by atoms with Gasteiger partial charge < -0.3 is 10.3 Å². The molecule has 0 amide bonds. The lowest BCUT2D eigenvalue weighted by molar-refractivity contribution is 0.397.